The molecular formula is C15H25N3O3. The van der Waals surface area contributed by atoms with E-state index in [1.54, 1.807) is 0 Å². The SMILES string of the molecule is CCOC1(c2noc(C3COCC3N)n2)CCC(C)CC1. The van der Waals surface area contributed by atoms with Crippen molar-refractivity contribution in [2.75, 3.05) is 19.8 Å². The van der Waals surface area contributed by atoms with E-state index >= 15 is 0 Å². The molecule has 2 N–H and O–H groups in total. The zero-order valence-electron chi connectivity index (χ0n) is 12.9. The first kappa shape index (κ1) is 14.9. The molecule has 1 saturated carbocycles. The molecule has 2 atom stereocenters. The molecule has 0 spiro atoms. The Hall–Kier alpha value is -0.980. The second-order valence-corrected chi connectivity index (χ2v) is 6.37. The summed E-state index contributed by atoms with van der Waals surface area (Å²) in [4.78, 5) is 4.62. The fraction of sp³-hybridized carbons (Fsp3) is 0.867. The van der Waals surface area contributed by atoms with Gasteiger partial charge in [0.25, 0.3) is 0 Å². The van der Waals surface area contributed by atoms with E-state index in [1.807, 2.05) is 6.92 Å². The van der Waals surface area contributed by atoms with Crippen LogP contribution < -0.4 is 5.73 Å². The lowest BCUT2D eigenvalue weighted by molar-refractivity contribution is -0.0847. The Bertz CT molecular complexity index is 468. The highest BCUT2D eigenvalue weighted by Gasteiger charge is 2.42. The molecule has 1 aliphatic heterocycles. The van der Waals surface area contributed by atoms with Gasteiger partial charge in [-0.25, -0.2) is 0 Å². The summed E-state index contributed by atoms with van der Waals surface area (Å²) in [6, 6.07) is -0.0623. The maximum atomic E-state index is 6.06. The second-order valence-electron chi connectivity index (χ2n) is 6.37. The lowest BCUT2D eigenvalue weighted by Crippen LogP contribution is -2.35. The Morgan fingerprint density at radius 1 is 1.33 bits per heavy atom. The van der Waals surface area contributed by atoms with Crippen LogP contribution in [-0.2, 0) is 15.1 Å². The normalized spacial score (nSPS) is 37.0. The fourth-order valence-electron chi connectivity index (χ4n) is 3.33. The third-order valence-corrected chi connectivity index (χ3v) is 4.79. The third-order valence-electron chi connectivity index (χ3n) is 4.79. The number of ether oxygens (including phenoxy) is 2. The Morgan fingerprint density at radius 2 is 2.10 bits per heavy atom. The summed E-state index contributed by atoms with van der Waals surface area (Å²) in [5.74, 6) is 2.02. The molecule has 2 aliphatic rings. The van der Waals surface area contributed by atoms with Crippen molar-refractivity contribution in [1.29, 1.82) is 0 Å². The van der Waals surface area contributed by atoms with Gasteiger partial charge in [-0.1, -0.05) is 12.1 Å². The van der Waals surface area contributed by atoms with Gasteiger partial charge in [-0.15, -0.1) is 0 Å². The minimum Gasteiger partial charge on any atom is -0.379 e. The molecule has 3 rings (SSSR count). The van der Waals surface area contributed by atoms with Gasteiger partial charge in [-0.05, 0) is 38.5 Å². The molecule has 1 saturated heterocycles. The molecule has 2 unspecified atom stereocenters. The van der Waals surface area contributed by atoms with Crippen LogP contribution in [-0.4, -0.2) is 36.0 Å². The van der Waals surface area contributed by atoms with Crippen molar-refractivity contribution in [3.8, 4) is 0 Å². The topological polar surface area (TPSA) is 83.4 Å². The van der Waals surface area contributed by atoms with Gasteiger partial charge >= 0.3 is 0 Å². The summed E-state index contributed by atoms with van der Waals surface area (Å²) in [7, 11) is 0. The molecule has 6 heteroatoms. The number of hydrogen-bond acceptors (Lipinski definition) is 6. The van der Waals surface area contributed by atoms with E-state index in [9.17, 15) is 0 Å². The minimum absolute atomic E-state index is 0.00689. The smallest absolute Gasteiger partial charge is 0.233 e. The second kappa shape index (κ2) is 6.02. The standard InChI is InChI=1S/C15H25N3O3/c1-3-20-15(6-4-10(2)5-7-15)14-17-13(21-18-14)11-8-19-9-12(11)16/h10-12H,3-9,16H2,1-2H3. The number of nitrogens with zero attached hydrogens (tertiary/aromatic N) is 2. The van der Waals surface area contributed by atoms with Crippen LogP contribution in [0.25, 0.3) is 0 Å². The molecular weight excluding hydrogens is 270 g/mol. The minimum atomic E-state index is -0.382. The van der Waals surface area contributed by atoms with E-state index in [0.29, 0.717) is 31.5 Å². The van der Waals surface area contributed by atoms with E-state index < -0.39 is 0 Å². The van der Waals surface area contributed by atoms with Crippen molar-refractivity contribution in [2.24, 2.45) is 11.7 Å². The van der Waals surface area contributed by atoms with Crippen LogP contribution in [0.4, 0.5) is 0 Å². The van der Waals surface area contributed by atoms with E-state index in [1.165, 1.54) is 0 Å². The lowest BCUT2D eigenvalue weighted by Gasteiger charge is -2.36. The van der Waals surface area contributed by atoms with Gasteiger partial charge in [0, 0.05) is 12.6 Å². The van der Waals surface area contributed by atoms with Crippen molar-refractivity contribution >= 4 is 0 Å². The van der Waals surface area contributed by atoms with Gasteiger partial charge in [-0.2, -0.15) is 4.98 Å². The summed E-state index contributed by atoms with van der Waals surface area (Å²) in [5.41, 5.74) is 5.64. The highest BCUT2D eigenvalue weighted by molar-refractivity contribution is 5.08. The molecule has 1 aromatic heterocycles. The monoisotopic (exact) mass is 295 g/mol. The molecule has 0 radical (unpaired) electrons. The number of aromatic nitrogens is 2. The van der Waals surface area contributed by atoms with Crippen molar-refractivity contribution in [1.82, 2.24) is 10.1 Å². The molecule has 0 bridgehead atoms. The Labute approximate surface area is 125 Å². The average Bonchev–Trinajstić information content (AvgIpc) is 3.10. The van der Waals surface area contributed by atoms with Crippen LogP contribution in [0.1, 0.15) is 57.2 Å². The van der Waals surface area contributed by atoms with Gasteiger partial charge in [0.2, 0.25) is 11.7 Å². The van der Waals surface area contributed by atoms with E-state index in [0.717, 1.165) is 31.6 Å². The van der Waals surface area contributed by atoms with Crippen LogP contribution in [0.2, 0.25) is 0 Å². The van der Waals surface area contributed by atoms with Crippen molar-refractivity contribution in [2.45, 2.75) is 57.1 Å². The highest BCUT2D eigenvalue weighted by atomic mass is 16.5. The summed E-state index contributed by atoms with van der Waals surface area (Å²) in [5, 5.41) is 4.21. The first-order valence-electron chi connectivity index (χ1n) is 7.96. The van der Waals surface area contributed by atoms with Crippen LogP contribution >= 0.6 is 0 Å². The van der Waals surface area contributed by atoms with Gasteiger partial charge in [0.05, 0.1) is 19.1 Å². The summed E-state index contributed by atoms with van der Waals surface area (Å²) in [6.45, 7) is 6.07. The number of rotatable bonds is 4. The molecule has 2 fully saturated rings. The lowest BCUT2D eigenvalue weighted by atomic mass is 9.79. The maximum Gasteiger partial charge on any atom is 0.233 e. The zero-order chi connectivity index (χ0) is 14.9. The molecule has 0 amide bonds. The van der Waals surface area contributed by atoms with Gasteiger partial charge in [-0.3, -0.25) is 0 Å². The quantitative estimate of drug-likeness (QED) is 0.914. The third kappa shape index (κ3) is 2.84. The van der Waals surface area contributed by atoms with Crippen molar-refractivity contribution in [3.05, 3.63) is 11.7 Å². The van der Waals surface area contributed by atoms with Gasteiger partial charge in [0.1, 0.15) is 5.60 Å². The first-order valence-corrected chi connectivity index (χ1v) is 7.96. The molecule has 1 aliphatic carbocycles. The van der Waals surface area contributed by atoms with Crippen LogP contribution in [0.5, 0.6) is 0 Å². The molecule has 2 heterocycles. The summed E-state index contributed by atoms with van der Waals surface area (Å²) in [6.07, 6.45) is 4.17. The predicted octanol–water partition coefficient (Wildman–Crippen LogP) is 1.95. The summed E-state index contributed by atoms with van der Waals surface area (Å²) < 4.78 is 16.9. The fourth-order valence-corrected chi connectivity index (χ4v) is 3.33. The van der Waals surface area contributed by atoms with Crippen LogP contribution in [0.15, 0.2) is 4.52 Å². The van der Waals surface area contributed by atoms with E-state index in [2.05, 4.69) is 17.1 Å². The maximum absolute atomic E-state index is 6.06. The zero-order valence-corrected chi connectivity index (χ0v) is 12.9. The van der Waals surface area contributed by atoms with Crippen molar-refractivity contribution in [3.63, 3.8) is 0 Å². The Balaban J connectivity index is 1.82. The predicted molar refractivity (Wildman–Crippen MR) is 76.8 cm³/mol. The van der Waals surface area contributed by atoms with E-state index in [4.69, 9.17) is 19.7 Å². The molecule has 0 aromatic carbocycles. The van der Waals surface area contributed by atoms with E-state index in [-0.39, 0.29) is 17.6 Å². The molecule has 21 heavy (non-hydrogen) atoms. The largest absolute Gasteiger partial charge is 0.379 e. The van der Waals surface area contributed by atoms with Gasteiger partial charge in [0.15, 0.2) is 0 Å². The number of nitrogens with two attached hydrogens (primary N) is 1. The number of hydrogen-bond donors (Lipinski definition) is 1. The summed E-state index contributed by atoms with van der Waals surface area (Å²) >= 11 is 0. The molecule has 1 aromatic rings. The first-order chi connectivity index (χ1) is 10.1. The molecule has 118 valence electrons. The van der Waals surface area contributed by atoms with Crippen molar-refractivity contribution < 1.29 is 14.0 Å². The Kier molecular flexibility index (Phi) is 4.28. The van der Waals surface area contributed by atoms with Crippen LogP contribution in [0.3, 0.4) is 0 Å². The van der Waals surface area contributed by atoms with Gasteiger partial charge < -0.3 is 19.7 Å². The van der Waals surface area contributed by atoms with Crippen LogP contribution in [0, 0.1) is 5.92 Å². The highest BCUT2D eigenvalue weighted by Crippen LogP contribution is 2.41. The average molecular weight is 295 g/mol. The Morgan fingerprint density at radius 3 is 2.71 bits per heavy atom. The molecule has 6 nitrogen and oxygen atoms in total.